The zero-order valence-electron chi connectivity index (χ0n) is 30.2. The maximum Gasteiger partial charge on any atom is 0.358 e. The zero-order valence-corrected chi connectivity index (χ0v) is 32.0. The molecule has 272 valence electrons. The van der Waals surface area contributed by atoms with Crippen LogP contribution in [0.25, 0.3) is 0 Å². The third-order valence-corrected chi connectivity index (χ3v) is 14.8. The summed E-state index contributed by atoms with van der Waals surface area (Å²) in [5.74, 6) is 0.174. The van der Waals surface area contributed by atoms with E-state index in [1.54, 1.807) is 12.1 Å². The highest BCUT2D eigenvalue weighted by atomic mass is 32.1. The molecule has 4 aromatic rings. The van der Waals surface area contributed by atoms with Crippen LogP contribution in [0.4, 0.5) is 4.79 Å². The quantitative estimate of drug-likeness (QED) is 0.0947. The first-order valence-electron chi connectivity index (χ1n) is 17.6. The molecule has 2 saturated heterocycles. The first kappa shape index (κ1) is 37.4. The number of hydrogen-bond acceptors (Lipinski definition) is 8. The number of amides is 3. The number of nitrogens with one attached hydrogen (secondary N) is 1. The van der Waals surface area contributed by atoms with Gasteiger partial charge in [-0.2, -0.15) is 0 Å². The Labute approximate surface area is 312 Å². The number of urea groups is 1. The predicted octanol–water partition coefficient (Wildman–Crippen LogP) is 7.80. The average molecular weight is 739 g/mol. The van der Waals surface area contributed by atoms with E-state index in [4.69, 9.17) is 35.6 Å². The lowest BCUT2D eigenvalue weighted by molar-refractivity contribution is -0.127. The number of para-hydroxylation sites is 1. The van der Waals surface area contributed by atoms with Crippen molar-refractivity contribution in [1.82, 2.24) is 10.2 Å². The molecule has 4 unspecified atom stereocenters. The van der Waals surface area contributed by atoms with Crippen LogP contribution in [-0.2, 0) is 29.0 Å². The molecule has 2 fully saturated rings. The summed E-state index contributed by atoms with van der Waals surface area (Å²) in [6.45, 7) is 10.9. The van der Waals surface area contributed by atoms with Gasteiger partial charge in [-0.05, 0) is 47.0 Å². The van der Waals surface area contributed by atoms with E-state index in [1.807, 2.05) is 109 Å². The standard InChI is InChI=1S/C41H46N2O7SSi/c1-40(2,3)52(4,5)50-36-35(49-39(51)47-32-24-16-9-17-25-32)33(48-37(36)43-27-26-34(44)42-38(43)45)28-46-41(29-18-10-6-11-19-29,30-20-12-7-13-21-30)31-22-14-8-15-23-31/h6-25,33,35-37H,26-28H2,1-5H3,(H,42,44,45). The van der Waals surface area contributed by atoms with Crippen LogP contribution in [0.5, 0.6) is 5.75 Å². The first-order valence-corrected chi connectivity index (χ1v) is 20.9. The van der Waals surface area contributed by atoms with Crippen molar-refractivity contribution in [3.8, 4) is 5.75 Å². The van der Waals surface area contributed by atoms with Crippen LogP contribution in [0.15, 0.2) is 121 Å². The van der Waals surface area contributed by atoms with E-state index in [9.17, 15) is 9.59 Å². The Kier molecular flexibility index (Phi) is 11.3. The lowest BCUT2D eigenvalue weighted by atomic mass is 9.80. The van der Waals surface area contributed by atoms with Gasteiger partial charge in [0.2, 0.25) is 5.91 Å². The second kappa shape index (κ2) is 15.7. The van der Waals surface area contributed by atoms with Gasteiger partial charge in [0, 0.05) is 25.2 Å². The Hall–Kier alpha value is -4.39. The summed E-state index contributed by atoms with van der Waals surface area (Å²) in [7, 11) is -2.54. The number of nitrogens with zero attached hydrogens (tertiary/aromatic N) is 1. The van der Waals surface area contributed by atoms with Crippen molar-refractivity contribution in [2.24, 2.45) is 0 Å². The van der Waals surface area contributed by atoms with Crippen LogP contribution in [-0.4, -0.2) is 68.1 Å². The number of benzene rings is 4. The Morgan fingerprint density at radius 3 is 1.79 bits per heavy atom. The third-order valence-electron chi connectivity index (χ3n) is 10.1. The number of hydrogen-bond donors (Lipinski definition) is 1. The van der Waals surface area contributed by atoms with Gasteiger partial charge in [0.05, 0.1) is 6.61 Å². The summed E-state index contributed by atoms with van der Waals surface area (Å²) < 4.78 is 33.7. The van der Waals surface area contributed by atoms with E-state index in [0.717, 1.165) is 16.7 Å². The molecule has 0 saturated carbocycles. The van der Waals surface area contributed by atoms with Crippen molar-refractivity contribution >= 4 is 37.7 Å². The number of carbonyl (C=O) groups excluding carboxylic acids is 2. The largest absolute Gasteiger partial charge is 0.447 e. The van der Waals surface area contributed by atoms with E-state index in [-0.39, 0.29) is 35.8 Å². The van der Waals surface area contributed by atoms with Crippen LogP contribution >= 0.6 is 12.2 Å². The minimum Gasteiger partial charge on any atom is -0.447 e. The minimum absolute atomic E-state index is 0.0134. The number of carbonyl (C=O) groups is 2. The van der Waals surface area contributed by atoms with Crippen molar-refractivity contribution in [3.05, 3.63) is 138 Å². The van der Waals surface area contributed by atoms with Crippen molar-refractivity contribution in [2.45, 2.75) is 75.5 Å². The third kappa shape index (κ3) is 7.98. The molecule has 0 radical (unpaired) electrons. The lowest BCUT2D eigenvalue weighted by Gasteiger charge is -2.42. The topological polar surface area (TPSA) is 95.6 Å². The maximum absolute atomic E-state index is 13.4. The molecule has 0 bridgehead atoms. The monoisotopic (exact) mass is 738 g/mol. The fraction of sp³-hybridized carbons (Fsp3) is 0.341. The molecular formula is C41H46N2O7SSi. The second-order valence-corrected chi connectivity index (χ2v) is 19.6. The van der Waals surface area contributed by atoms with E-state index in [1.165, 1.54) is 4.90 Å². The lowest BCUT2D eigenvalue weighted by Crippen LogP contribution is -2.59. The summed E-state index contributed by atoms with van der Waals surface area (Å²) in [6, 6.07) is 38.8. The molecule has 2 aliphatic rings. The van der Waals surface area contributed by atoms with Crippen molar-refractivity contribution in [3.63, 3.8) is 0 Å². The smallest absolute Gasteiger partial charge is 0.358 e. The van der Waals surface area contributed by atoms with Crippen molar-refractivity contribution in [1.29, 1.82) is 0 Å². The van der Waals surface area contributed by atoms with Crippen LogP contribution in [0.1, 0.15) is 43.9 Å². The Morgan fingerprint density at radius 2 is 1.31 bits per heavy atom. The first-order chi connectivity index (χ1) is 24.9. The number of thiocarbonyl (C=S) groups is 1. The molecule has 11 heteroatoms. The summed E-state index contributed by atoms with van der Waals surface area (Å²) in [5, 5.41) is 2.13. The molecule has 2 aliphatic heterocycles. The van der Waals surface area contributed by atoms with Gasteiger partial charge < -0.3 is 23.4 Å². The fourth-order valence-corrected chi connectivity index (χ4v) is 7.89. The van der Waals surface area contributed by atoms with Crippen LogP contribution < -0.4 is 10.1 Å². The molecule has 9 nitrogen and oxygen atoms in total. The van der Waals surface area contributed by atoms with Crippen molar-refractivity contribution in [2.75, 3.05) is 13.2 Å². The van der Waals surface area contributed by atoms with Crippen LogP contribution in [0.2, 0.25) is 18.1 Å². The summed E-state index contributed by atoms with van der Waals surface area (Å²) in [6.07, 6.45) is -3.25. The Balaban J connectivity index is 1.43. The van der Waals surface area contributed by atoms with Crippen molar-refractivity contribution < 1.29 is 33.0 Å². The highest BCUT2D eigenvalue weighted by molar-refractivity contribution is 7.79. The van der Waals surface area contributed by atoms with E-state index in [2.05, 4.69) is 39.2 Å². The summed E-state index contributed by atoms with van der Waals surface area (Å²) >= 11 is 5.69. The molecule has 1 N–H and O–H groups in total. The van der Waals surface area contributed by atoms with E-state index >= 15 is 0 Å². The van der Waals surface area contributed by atoms with Gasteiger partial charge >= 0.3 is 11.3 Å². The number of rotatable bonds is 11. The molecule has 52 heavy (non-hydrogen) atoms. The maximum atomic E-state index is 13.4. The van der Waals surface area contributed by atoms with Gasteiger partial charge in [-0.25, -0.2) is 4.79 Å². The van der Waals surface area contributed by atoms with E-state index in [0.29, 0.717) is 5.75 Å². The zero-order chi connectivity index (χ0) is 36.9. The predicted molar refractivity (Wildman–Crippen MR) is 205 cm³/mol. The molecule has 0 aliphatic carbocycles. The van der Waals surface area contributed by atoms with Gasteiger partial charge in [0.25, 0.3) is 0 Å². The highest BCUT2D eigenvalue weighted by Gasteiger charge is 2.56. The van der Waals surface area contributed by atoms with Gasteiger partial charge in [0.15, 0.2) is 20.6 Å². The molecule has 0 spiro atoms. The molecule has 2 heterocycles. The van der Waals surface area contributed by atoms with Gasteiger partial charge in [-0.15, -0.1) is 0 Å². The molecule has 4 aromatic carbocycles. The van der Waals surface area contributed by atoms with Gasteiger partial charge in [-0.1, -0.05) is 130 Å². The average Bonchev–Trinajstić information content (AvgIpc) is 3.44. The van der Waals surface area contributed by atoms with Crippen LogP contribution in [0.3, 0.4) is 0 Å². The number of imide groups is 1. The highest BCUT2D eigenvalue weighted by Crippen LogP contribution is 2.44. The molecule has 4 atom stereocenters. The molecular weight excluding hydrogens is 693 g/mol. The summed E-state index contributed by atoms with van der Waals surface area (Å²) in [5.41, 5.74) is 1.71. The fourth-order valence-electron chi connectivity index (χ4n) is 6.39. The van der Waals surface area contributed by atoms with Gasteiger partial charge in [-0.3, -0.25) is 15.0 Å². The minimum atomic E-state index is -2.54. The Morgan fingerprint density at radius 1 is 0.808 bits per heavy atom. The molecule has 6 rings (SSSR count). The van der Waals surface area contributed by atoms with Crippen LogP contribution in [0, 0.1) is 0 Å². The molecule has 0 aromatic heterocycles. The normalized spacial score (nSPS) is 21.1. The second-order valence-electron chi connectivity index (χ2n) is 14.5. The SMILES string of the molecule is CC(C)(C)[Si](C)(C)OC1C(OC(=S)Oc2ccccc2)C(COC(c2ccccc2)(c2ccccc2)c2ccccc2)OC1N1CCC(=O)NC1=O. The number of ether oxygens (including phenoxy) is 4. The van der Waals surface area contributed by atoms with Gasteiger partial charge in [0.1, 0.15) is 23.6 Å². The summed E-state index contributed by atoms with van der Waals surface area (Å²) in [4.78, 5) is 27.1. The van der Waals surface area contributed by atoms with E-state index < -0.39 is 44.5 Å². The molecule has 3 amide bonds. The Bertz CT molecular complexity index is 1730.